The molecule has 0 radical (unpaired) electrons. The first-order valence-corrected chi connectivity index (χ1v) is 3.92. The van der Waals surface area contributed by atoms with E-state index in [-0.39, 0.29) is 6.42 Å². The minimum Gasteiger partial charge on any atom is -0.479 e. The van der Waals surface area contributed by atoms with Crippen LogP contribution in [0.5, 0.6) is 0 Å². The van der Waals surface area contributed by atoms with Crippen molar-refractivity contribution in [2.45, 2.75) is 19.4 Å². The maximum atomic E-state index is 10.3. The van der Waals surface area contributed by atoms with Crippen molar-refractivity contribution in [2.75, 3.05) is 0 Å². The Morgan fingerprint density at radius 2 is 2.38 bits per heavy atom. The lowest BCUT2D eigenvalue weighted by Gasteiger charge is -2.05. The normalized spacial score (nSPS) is 12.5. The van der Waals surface area contributed by atoms with E-state index in [0.717, 1.165) is 11.3 Å². The van der Waals surface area contributed by atoms with E-state index < -0.39 is 12.1 Å². The van der Waals surface area contributed by atoms with Crippen molar-refractivity contribution in [3.63, 3.8) is 0 Å². The summed E-state index contributed by atoms with van der Waals surface area (Å²) in [7, 11) is 0. The van der Waals surface area contributed by atoms with Crippen molar-refractivity contribution in [3.05, 3.63) is 29.6 Å². The standard InChI is InChI=1S/C9H11NO3/c1-6-4-7(2-3-10-6)5-8(11)9(12)13/h2-4,8,11H,5H2,1H3,(H,12,13). The lowest BCUT2D eigenvalue weighted by molar-refractivity contribution is -0.146. The molecular weight excluding hydrogens is 170 g/mol. The van der Waals surface area contributed by atoms with Gasteiger partial charge in [0.15, 0.2) is 6.10 Å². The SMILES string of the molecule is Cc1cc(CC(O)C(=O)O)ccn1. The minimum atomic E-state index is -1.33. The van der Waals surface area contributed by atoms with Gasteiger partial charge in [0.05, 0.1) is 0 Å². The Kier molecular flexibility index (Phi) is 2.97. The molecule has 0 aliphatic carbocycles. The Morgan fingerprint density at radius 3 is 2.92 bits per heavy atom. The van der Waals surface area contributed by atoms with Gasteiger partial charge >= 0.3 is 5.97 Å². The second-order valence-corrected chi connectivity index (χ2v) is 2.86. The van der Waals surface area contributed by atoms with Crippen LogP contribution in [0, 0.1) is 6.92 Å². The van der Waals surface area contributed by atoms with Crippen LogP contribution >= 0.6 is 0 Å². The molecule has 13 heavy (non-hydrogen) atoms. The number of aliphatic carboxylic acids is 1. The second-order valence-electron chi connectivity index (χ2n) is 2.86. The van der Waals surface area contributed by atoms with Crippen LogP contribution in [0.15, 0.2) is 18.3 Å². The Balaban J connectivity index is 2.69. The molecule has 1 atom stereocenters. The number of aliphatic hydroxyl groups is 1. The molecule has 0 aliphatic rings. The molecule has 4 nitrogen and oxygen atoms in total. The summed E-state index contributed by atoms with van der Waals surface area (Å²) in [6.07, 6.45) is 0.389. The van der Waals surface area contributed by atoms with Gasteiger partial charge in [0.2, 0.25) is 0 Å². The fraction of sp³-hybridized carbons (Fsp3) is 0.333. The number of aliphatic hydroxyl groups excluding tert-OH is 1. The van der Waals surface area contributed by atoms with Crippen LogP contribution in [-0.4, -0.2) is 27.3 Å². The van der Waals surface area contributed by atoms with Crippen LogP contribution in [0.25, 0.3) is 0 Å². The maximum Gasteiger partial charge on any atom is 0.332 e. The Bertz CT molecular complexity index is 311. The summed E-state index contributed by atoms with van der Waals surface area (Å²) in [5, 5.41) is 17.5. The van der Waals surface area contributed by atoms with E-state index in [0.29, 0.717) is 0 Å². The van der Waals surface area contributed by atoms with Crippen molar-refractivity contribution in [1.82, 2.24) is 4.98 Å². The molecule has 0 aromatic carbocycles. The number of carbonyl (C=O) groups is 1. The first-order chi connectivity index (χ1) is 6.09. The van der Waals surface area contributed by atoms with Crippen molar-refractivity contribution in [1.29, 1.82) is 0 Å². The van der Waals surface area contributed by atoms with E-state index in [9.17, 15) is 4.79 Å². The molecule has 0 fully saturated rings. The highest BCUT2D eigenvalue weighted by molar-refractivity contribution is 5.72. The third-order valence-electron chi connectivity index (χ3n) is 1.68. The van der Waals surface area contributed by atoms with Gasteiger partial charge in [-0.05, 0) is 24.6 Å². The molecule has 2 N–H and O–H groups in total. The highest BCUT2D eigenvalue weighted by atomic mass is 16.4. The number of aryl methyl sites for hydroxylation is 1. The average Bonchev–Trinajstić information content (AvgIpc) is 2.04. The average molecular weight is 181 g/mol. The lowest BCUT2D eigenvalue weighted by atomic mass is 10.1. The molecule has 0 bridgehead atoms. The number of hydrogen-bond acceptors (Lipinski definition) is 3. The number of pyridine rings is 1. The number of carboxylic acids is 1. The third kappa shape index (κ3) is 2.83. The number of nitrogens with zero attached hydrogens (tertiary/aromatic N) is 1. The van der Waals surface area contributed by atoms with Gasteiger partial charge in [-0.1, -0.05) is 0 Å². The number of aromatic nitrogens is 1. The zero-order valence-electron chi connectivity index (χ0n) is 7.27. The summed E-state index contributed by atoms with van der Waals surface area (Å²) >= 11 is 0. The van der Waals surface area contributed by atoms with Gasteiger partial charge in [-0.25, -0.2) is 4.79 Å². The van der Waals surface area contributed by atoms with E-state index in [1.807, 2.05) is 6.92 Å². The Morgan fingerprint density at radius 1 is 1.69 bits per heavy atom. The molecular formula is C9H11NO3. The van der Waals surface area contributed by atoms with Crippen molar-refractivity contribution in [3.8, 4) is 0 Å². The molecule has 0 saturated carbocycles. The smallest absolute Gasteiger partial charge is 0.332 e. The van der Waals surface area contributed by atoms with E-state index in [1.165, 1.54) is 0 Å². The zero-order chi connectivity index (χ0) is 9.84. The molecule has 0 aliphatic heterocycles. The van der Waals surface area contributed by atoms with E-state index in [4.69, 9.17) is 10.2 Å². The van der Waals surface area contributed by atoms with Gasteiger partial charge in [-0.3, -0.25) is 4.98 Å². The molecule has 1 aromatic rings. The van der Waals surface area contributed by atoms with E-state index in [2.05, 4.69) is 4.98 Å². The molecule has 0 amide bonds. The molecule has 4 heteroatoms. The van der Waals surface area contributed by atoms with Crippen LogP contribution in [0.1, 0.15) is 11.3 Å². The predicted molar refractivity (Wildman–Crippen MR) is 46.3 cm³/mol. The number of rotatable bonds is 3. The van der Waals surface area contributed by atoms with Crippen LogP contribution in [0.3, 0.4) is 0 Å². The van der Waals surface area contributed by atoms with Crippen LogP contribution < -0.4 is 0 Å². The van der Waals surface area contributed by atoms with Gasteiger partial charge in [0.25, 0.3) is 0 Å². The topological polar surface area (TPSA) is 70.4 Å². The van der Waals surface area contributed by atoms with Crippen molar-refractivity contribution < 1.29 is 15.0 Å². The predicted octanol–water partition coefficient (Wildman–Crippen LogP) is 0.378. The summed E-state index contributed by atoms with van der Waals surface area (Å²) in [5.41, 5.74) is 1.59. The molecule has 0 saturated heterocycles. The molecule has 1 unspecified atom stereocenters. The number of hydrogen-bond donors (Lipinski definition) is 2. The monoisotopic (exact) mass is 181 g/mol. The fourth-order valence-electron chi connectivity index (χ4n) is 1.04. The molecule has 0 spiro atoms. The summed E-state index contributed by atoms with van der Waals surface area (Å²) < 4.78 is 0. The summed E-state index contributed by atoms with van der Waals surface area (Å²) in [5.74, 6) is -1.20. The van der Waals surface area contributed by atoms with Gasteiger partial charge in [0, 0.05) is 18.3 Å². The molecule has 1 rings (SSSR count). The number of carboxylic acid groups (broad SMARTS) is 1. The molecule has 70 valence electrons. The second kappa shape index (κ2) is 4.00. The quantitative estimate of drug-likeness (QED) is 0.707. The highest BCUT2D eigenvalue weighted by Gasteiger charge is 2.13. The van der Waals surface area contributed by atoms with Crippen molar-refractivity contribution >= 4 is 5.97 Å². The van der Waals surface area contributed by atoms with Crippen LogP contribution in [0.4, 0.5) is 0 Å². The summed E-state index contributed by atoms with van der Waals surface area (Å²) in [6.45, 7) is 1.82. The Labute approximate surface area is 75.9 Å². The fourth-order valence-corrected chi connectivity index (χ4v) is 1.04. The molecule has 1 heterocycles. The zero-order valence-corrected chi connectivity index (χ0v) is 7.27. The first-order valence-electron chi connectivity index (χ1n) is 3.92. The van der Waals surface area contributed by atoms with E-state index in [1.54, 1.807) is 18.3 Å². The maximum absolute atomic E-state index is 10.3. The first kappa shape index (κ1) is 9.67. The van der Waals surface area contributed by atoms with Crippen molar-refractivity contribution in [2.24, 2.45) is 0 Å². The minimum absolute atomic E-state index is 0.124. The summed E-state index contributed by atoms with van der Waals surface area (Å²) in [6, 6.07) is 3.45. The molecule has 1 aromatic heterocycles. The van der Waals surface area contributed by atoms with Gasteiger partial charge < -0.3 is 10.2 Å². The van der Waals surface area contributed by atoms with Gasteiger partial charge in [0.1, 0.15) is 0 Å². The highest BCUT2D eigenvalue weighted by Crippen LogP contribution is 2.04. The van der Waals surface area contributed by atoms with Crippen LogP contribution in [-0.2, 0) is 11.2 Å². The van der Waals surface area contributed by atoms with E-state index >= 15 is 0 Å². The summed E-state index contributed by atoms with van der Waals surface area (Å²) in [4.78, 5) is 14.3. The van der Waals surface area contributed by atoms with Gasteiger partial charge in [-0.15, -0.1) is 0 Å². The largest absolute Gasteiger partial charge is 0.479 e. The van der Waals surface area contributed by atoms with Gasteiger partial charge in [-0.2, -0.15) is 0 Å². The Hall–Kier alpha value is -1.42. The van der Waals surface area contributed by atoms with Crippen LogP contribution in [0.2, 0.25) is 0 Å². The lowest BCUT2D eigenvalue weighted by Crippen LogP contribution is -2.21. The third-order valence-corrected chi connectivity index (χ3v) is 1.68.